The zero-order chi connectivity index (χ0) is 11.9. The molecule has 0 aliphatic carbocycles. The molecule has 2 aromatic rings. The van der Waals surface area contributed by atoms with Crippen LogP contribution in [0.2, 0.25) is 0 Å². The van der Waals surface area contributed by atoms with Crippen LogP contribution in [0.4, 0.5) is 0 Å². The summed E-state index contributed by atoms with van der Waals surface area (Å²) in [6.45, 7) is 1.09. The molecule has 0 aromatic heterocycles. The van der Waals surface area contributed by atoms with Crippen LogP contribution in [0.3, 0.4) is 0 Å². The van der Waals surface area contributed by atoms with Crippen molar-refractivity contribution in [3.63, 3.8) is 0 Å². The van der Waals surface area contributed by atoms with Gasteiger partial charge < -0.3 is 10.5 Å². The van der Waals surface area contributed by atoms with Crippen LogP contribution >= 0.6 is 0 Å². The zero-order valence-corrected chi connectivity index (χ0v) is 9.75. The zero-order valence-electron chi connectivity index (χ0n) is 9.75. The van der Waals surface area contributed by atoms with E-state index in [1.54, 1.807) is 0 Å². The highest BCUT2D eigenvalue weighted by Gasteiger charge is 2.09. The van der Waals surface area contributed by atoms with Crippen LogP contribution < -0.4 is 5.73 Å². The summed E-state index contributed by atoms with van der Waals surface area (Å²) >= 11 is 0. The van der Waals surface area contributed by atoms with Gasteiger partial charge in [0.15, 0.2) is 0 Å². The van der Waals surface area contributed by atoms with Gasteiger partial charge >= 0.3 is 0 Å². The van der Waals surface area contributed by atoms with E-state index in [9.17, 15) is 0 Å². The van der Waals surface area contributed by atoms with Gasteiger partial charge in [-0.2, -0.15) is 0 Å². The van der Waals surface area contributed by atoms with E-state index in [0.29, 0.717) is 13.2 Å². The highest BCUT2D eigenvalue weighted by molar-refractivity contribution is 5.18. The second-order valence-corrected chi connectivity index (χ2v) is 3.93. The van der Waals surface area contributed by atoms with Crippen LogP contribution in [0.15, 0.2) is 60.7 Å². The first kappa shape index (κ1) is 11.8. The molecule has 0 saturated carbocycles. The molecule has 0 amide bonds. The minimum absolute atomic E-state index is 0.0311. The molecule has 0 spiro atoms. The Hall–Kier alpha value is -1.64. The van der Waals surface area contributed by atoms with E-state index in [1.165, 1.54) is 5.56 Å². The van der Waals surface area contributed by atoms with Crippen molar-refractivity contribution in [1.29, 1.82) is 0 Å². The smallest absolute Gasteiger partial charge is 0.0951 e. The first-order valence-electron chi connectivity index (χ1n) is 5.80. The number of nitrogens with two attached hydrogens (primary N) is 1. The molecule has 2 heteroatoms. The topological polar surface area (TPSA) is 35.2 Å². The van der Waals surface area contributed by atoms with E-state index >= 15 is 0 Å². The van der Waals surface area contributed by atoms with Crippen molar-refractivity contribution in [2.45, 2.75) is 12.7 Å². The number of benzene rings is 2. The Morgan fingerprint density at radius 3 is 2.06 bits per heavy atom. The molecule has 2 nitrogen and oxygen atoms in total. The summed E-state index contributed by atoms with van der Waals surface area (Å²) in [7, 11) is 0. The van der Waals surface area contributed by atoms with E-state index < -0.39 is 0 Å². The summed E-state index contributed by atoms with van der Waals surface area (Å²) < 4.78 is 5.84. The first-order chi connectivity index (χ1) is 8.40. The lowest BCUT2D eigenvalue weighted by Crippen LogP contribution is -2.15. The number of rotatable bonds is 5. The molecule has 88 valence electrons. The standard InChI is InChI=1S/C15H17NO/c16-11-15(14-9-5-2-6-10-14)17-12-13-7-3-1-4-8-13/h1-10,15H,11-12,16H2. The number of ether oxygens (including phenoxy) is 1. The van der Waals surface area contributed by atoms with Crippen LogP contribution in [0.25, 0.3) is 0 Å². The van der Waals surface area contributed by atoms with Gasteiger partial charge in [-0.25, -0.2) is 0 Å². The van der Waals surface area contributed by atoms with Gasteiger partial charge in [0.1, 0.15) is 0 Å². The third-order valence-electron chi connectivity index (χ3n) is 2.68. The van der Waals surface area contributed by atoms with Crippen LogP contribution in [0.5, 0.6) is 0 Å². The predicted molar refractivity (Wildman–Crippen MR) is 69.5 cm³/mol. The quantitative estimate of drug-likeness (QED) is 0.852. The second-order valence-electron chi connectivity index (χ2n) is 3.93. The fourth-order valence-electron chi connectivity index (χ4n) is 1.74. The van der Waals surface area contributed by atoms with Crippen molar-refractivity contribution in [2.75, 3.05) is 6.54 Å². The lowest BCUT2D eigenvalue weighted by molar-refractivity contribution is 0.0456. The third-order valence-corrected chi connectivity index (χ3v) is 2.68. The Labute approximate surface area is 102 Å². The largest absolute Gasteiger partial charge is 0.368 e. The van der Waals surface area contributed by atoms with Crippen molar-refractivity contribution >= 4 is 0 Å². The fraction of sp³-hybridized carbons (Fsp3) is 0.200. The Morgan fingerprint density at radius 1 is 0.882 bits per heavy atom. The summed E-state index contributed by atoms with van der Waals surface area (Å²) in [4.78, 5) is 0. The maximum absolute atomic E-state index is 5.84. The van der Waals surface area contributed by atoms with Gasteiger partial charge in [0, 0.05) is 6.54 Å². The number of hydrogen-bond donors (Lipinski definition) is 1. The molecule has 0 fully saturated rings. The maximum Gasteiger partial charge on any atom is 0.0951 e. The Balaban J connectivity index is 1.97. The summed E-state index contributed by atoms with van der Waals surface area (Å²) in [6, 6.07) is 20.2. The Bertz CT molecular complexity index is 427. The van der Waals surface area contributed by atoms with E-state index in [-0.39, 0.29) is 6.10 Å². The van der Waals surface area contributed by atoms with Gasteiger partial charge in [-0.15, -0.1) is 0 Å². The molecule has 0 aliphatic rings. The van der Waals surface area contributed by atoms with Crippen LogP contribution in [0.1, 0.15) is 17.2 Å². The molecule has 17 heavy (non-hydrogen) atoms. The molecule has 0 radical (unpaired) electrons. The molecule has 1 unspecified atom stereocenters. The van der Waals surface area contributed by atoms with E-state index in [0.717, 1.165) is 5.56 Å². The summed E-state index contributed by atoms with van der Waals surface area (Å²) in [5.41, 5.74) is 8.04. The molecule has 0 bridgehead atoms. The SMILES string of the molecule is NCC(OCc1ccccc1)c1ccccc1. The van der Waals surface area contributed by atoms with Gasteiger partial charge in [-0.05, 0) is 11.1 Å². The second kappa shape index (κ2) is 6.18. The van der Waals surface area contributed by atoms with E-state index in [2.05, 4.69) is 12.1 Å². The molecular weight excluding hydrogens is 210 g/mol. The highest BCUT2D eigenvalue weighted by Crippen LogP contribution is 2.17. The summed E-state index contributed by atoms with van der Waals surface area (Å²) in [5.74, 6) is 0. The average Bonchev–Trinajstić information content (AvgIpc) is 2.42. The van der Waals surface area contributed by atoms with Gasteiger partial charge in [0.05, 0.1) is 12.7 Å². The minimum atomic E-state index is -0.0311. The third kappa shape index (κ3) is 3.41. The van der Waals surface area contributed by atoms with E-state index in [1.807, 2.05) is 48.5 Å². The fourth-order valence-corrected chi connectivity index (χ4v) is 1.74. The van der Waals surface area contributed by atoms with Gasteiger partial charge in [-0.1, -0.05) is 60.7 Å². The van der Waals surface area contributed by atoms with Crippen LogP contribution in [-0.4, -0.2) is 6.54 Å². The normalized spacial score (nSPS) is 12.3. The Kier molecular flexibility index (Phi) is 4.30. The monoisotopic (exact) mass is 227 g/mol. The molecule has 2 aromatic carbocycles. The first-order valence-corrected chi connectivity index (χ1v) is 5.80. The summed E-state index contributed by atoms with van der Waals surface area (Å²) in [5, 5.41) is 0. The van der Waals surface area contributed by atoms with Crippen molar-refractivity contribution in [1.82, 2.24) is 0 Å². The summed E-state index contributed by atoms with van der Waals surface area (Å²) in [6.07, 6.45) is -0.0311. The maximum atomic E-state index is 5.84. The van der Waals surface area contributed by atoms with Crippen LogP contribution in [0, 0.1) is 0 Å². The van der Waals surface area contributed by atoms with Crippen molar-refractivity contribution in [3.8, 4) is 0 Å². The van der Waals surface area contributed by atoms with Crippen LogP contribution in [-0.2, 0) is 11.3 Å². The molecule has 2 rings (SSSR count). The minimum Gasteiger partial charge on any atom is -0.368 e. The van der Waals surface area contributed by atoms with Gasteiger partial charge in [0.2, 0.25) is 0 Å². The van der Waals surface area contributed by atoms with Crippen molar-refractivity contribution < 1.29 is 4.74 Å². The van der Waals surface area contributed by atoms with E-state index in [4.69, 9.17) is 10.5 Å². The van der Waals surface area contributed by atoms with Crippen molar-refractivity contribution in [3.05, 3.63) is 71.8 Å². The molecular formula is C15H17NO. The number of hydrogen-bond acceptors (Lipinski definition) is 2. The molecule has 1 atom stereocenters. The highest BCUT2D eigenvalue weighted by atomic mass is 16.5. The molecule has 0 saturated heterocycles. The molecule has 0 aliphatic heterocycles. The molecule has 2 N–H and O–H groups in total. The Morgan fingerprint density at radius 2 is 1.47 bits per heavy atom. The molecule has 0 heterocycles. The lowest BCUT2D eigenvalue weighted by atomic mass is 10.1. The van der Waals surface area contributed by atoms with Gasteiger partial charge in [-0.3, -0.25) is 0 Å². The van der Waals surface area contributed by atoms with Gasteiger partial charge in [0.25, 0.3) is 0 Å². The lowest BCUT2D eigenvalue weighted by Gasteiger charge is -2.16. The predicted octanol–water partition coefficient (Wildman–Crippen LogP) is 2.90. The van der Waals surface area contributed by atoms with Crippen molar-refractivity contribution in [2.24, 2.45) is 5.73 Å². The average molecular weight is 227 g/mol.